The van der Waals surface area contributed by atoms with E-state index >= 15 is 0 Å². The summed E-state index contributed by atoms with van der Waals surface area (Å²) in [7, 11) is 2.35. The zero-order valence-electron chi connectivity index (χ0n) is 6.59. The Morgan fingerprint density at radius 3 is 2.20 bits per heavy atom. The first-order valence-electron chi connectivity index (χ1n) is 3.37. The van der Waals surface area contributed by atoms with E-state index in [0.29, 0.717) is 12.2 Å². The highest BCUT2D eigenvalue weighted by atomic mass is 28.3. The van der Waals surface area contributed by atoms with Crippen LogP contribution in [0.3, 0.4) is 0 Å². The number of rotatable bonds is 4. The van der Waals surface area contributed by atoms with Gasteiger partial charge in [0.05, 0.1) is 12.2 Å². The van der Waals surface area contributed by atoms with Crippen molar-refractivity contribution in [3.05, 3.63) is 0 Å². The molecule has 2 atom stereocenters. The maximum Gasteiger partial charge on any atom is 0.386 e. The van der Waals surface area contributed by atoms with E-state index in [4.69, 9.17) is 13.6 Å². The Kier molecular flexibility index (Phi) is 2.85. The van der Waals surface area contributed by atoms with Crippen LogP contribution >= 0.6 is 0 Å². The van der Waals surface area contributed by atoms with E-state index in [0.717, 1.165) is 6.04 Å². The molecule has 0 amide bonds. The molecule has 1 heterocycles. The minimum Gasteiger partial charge on any atom is -0.397 e. The molecule has 1 aliphatic rings. The summed E-state index contributed by atoms with van der Waals surface area (Å²) in [6.07, 6.45) is 0.819. The van der Waals surface area contributed by atoms with E-state index in [-0.39, 0.29) is 0 Å². The van der Waals surface area contributed by atoms with Crippen LogP contribution in [0.15, 0.2) is 0 Å². The second-order valence-corrected chi connectivity index (χ2v) is 4.33. The van der Waals surface area contributed by atoms with Crippen LogP contribution in [-0.2, 0) is 13.6 Å². The minimum atomic E-state index is -1.02. The molecule has 4 heteroatoms. The predicted molar refractivity (Wildman–Crippen MR) is 38.9 cm³/mol. The highest BCUT2D eigenvalue weighted by Gasteiger charge is 2.37. The van der Waals surface area contributed by atoms with Crippen molar-refractivity contribution in [2.75, 3.05) is 14.2 Å². The maximum atomic E-state index is 5.22. The Labute approximate surface area is 63.1 Å². The van der Waals surface area contributed by atoms with Crippen molar-refractivity contribution in [2.24, 2.45) is 0 Å². The van der Waals surface area contributed by atoms with Crippen molar-refractivity contribution in [1.82, 2.24) is 0 Å². The van der Waals surface area contributed by atoms with Gasteiger partial charge in [0.25, 0.3) is 0 Å². The van der Waals surface area contributed by atoms with Crippen molar-refractivity contribution in [1.29, 1.82) is 0 Å². The molecule has 0 aliphatic carbocycles. The third-order valence-corrected chi connectivity index (χ3v) is 3.31. The van der Waals surface area contributed by atoms with Gasteiger partial charge in [0.2, 0.25) is 0 Å². The van der Waals surface area contributed by atoms with Crippen LogP contribution in [-0.4, -0.2) is 35.7 Å². The summed E-state index contributed by atoms with van der Waals surface area (Å²) in [5.74, 6) is 0. The highest BCUT2D eigenvalue weighted by molar-refractivity contribution is 6.44. The lowest BCUT2D eigenvalue weighted by atomic mass is 10.4. The molecule has 2 unspecified atom stereocenters. The lowest BCUT2D eigenvalue weighted by molar-refractivity contribution is 0.271. The van der Waals surface area contributed by atoms with Gasteiger partial charge < -0.3 is 13.6 Å². The summed E-state index contributed by atoms with van der Waals surface area (Å²) in [5.41, 5.74) is 0. The lowest BCUT2D eigenvalue weighted by Gasteiger charge is -2.05. The normalized spacial score (nSPS) is 31.2. The van der Waals surface area contributed by atoms with Crippen LogP contribution in [0.2, 0.25) is 6.04 Å². The smallest absolute Gasteiger partial charge is 0.386 e. The van der Waals surface area contributed by atoms with Crippen LogP contribution in [0, 0.1) is 0 Å². The van der Waals surface area contributed by atoms with Gasteiger partial charge in [0.1, 0.15) is 0 Å². The lowest BCUT2D eigenvalue weighted by Crippen LogP contribution is -2.21. The summed E-state index contributed by atoms with van der Waals surface area (Å²) in [5, 5.41) is 0. The van der Waals surface area contributed by atoms with Crippen molar-refractivity contribution in [3.8, 4) is 0 Å². The third-order valence-electron chi connectivity index (χ3n) is 1.66. The highest BCUT2D eigenvalue weighted by Crippen LogP contribution is 2.26. The molecule has 10 heavy (non-hydrogen) atoms. The van der Waals surface area contributed by atoms with E-state index < -0.39 is 9.28 Å². The largest absolute Gasteiger partial charge is 0.397 e. The molecule has 0 aromatic rings. The zero-order valence-corrected chi connectivity index (χ0v) is 7.59. The number of ether oxygens (including phenoxy) is 1. The Bertz CT molecular complexity index is 105. The third kappa shape index (κ3) is 2.05. The molecule has 0 bridgehead atoms. The van der Waals surface area contributed by atoms with Gasteiger partial charge in [-0.05, 0) is 6.92 Å². The minimum absolute atomic E-state index is 0.397. The van der Waals surface area contributed by atoms with Gasteiger partial charge in [-0.2, -0.15) is 0 Å². The van der Waals surface area contributed by atoms with Crippen LogP contribution in [0.25, 0.3) is 0 Å². The van der Waals surface area contributed by atoms with Crippen LogP contribution in [0.4, 0.5) is 0 Å². The fourth-order valence-electron chi connectivity index (χ4n) is 0.859. The molecule has 1 fully saturated rings. The van der Waals surface area contributed by atoms with E-state index in [1.807, 2.05) is 0 Å². The van der Waals surface area contributed by atoms with Gasteiger partial charge in [-0.25, -0.2) is 0 Å². The van der Waals surface area contributed by atoms with Crippen molar-refractivity contribution in [3.63, 3.8) is 0 Å². The second kappa shape index (κ2) is 3.48. The quantitative estimate of drug-likeness (QED) is 0.446. The first-order valence-corrected chi connectivity index (χ1v) is 4.89. The number of hydrogen-bond acceptors (Lipinski definition) is 3. The Morgan fingerprint density at radius 1 is 1.40 bits per heavy atom. The molecule has 0 aromatic carbocycles. The Morgan fingerprint density at radius 2 is 1.90 bits per heavy atom. The molecule has 1 saturated heterocycles. The summed E-state index contributed by atoms with van der Waals surface area (Å²) in [6, 6.07) is 0.943. The van der Waals surface area contributed by atoms with Gasteiger partial charge in [-0.3, -0.25) is 0 Å². The molecule has 0 aromatic heterocycles. The molecule has 1 aliphatic heterocycles. The number of hydrogen-bond donors (Lipinski definition) is 0. The maximum absolute atomic E-state index is 5.22. The van der Waals surface area contributed by atoms with Crippen LogP contribution in [0.5, 0.6) is 0 Å². The summed E-state index contributed by atoms with van der Waals surface area (Å²) >= 11 is 0. The fourth-order valence-corrected chi connectivity index (χ4v) is 2.12. The first kappa shape index (κ1) is 8.20. The average Bonchev–Trinajstić information content (AvgIpc) is 2.62. The number of epoxide rings is 1. The molecule has 59 valence electrons. The zero-order chi connectivity index (χ0) is 7.56. The standard InChI is InChI=1S/C6H13O3Si/c1-5-6(9-5)4-10(7-2)8-3/h5-6H,4H2,1-3H3. The van der Waals surface area contributed by atoms with E-state index in [1.54, 1.807) is 14.2 Å². The van der Waals surface area contributed by atoms with E-state index in [1.165, 1.54) is 0 Å². The van der Waals surface area contributed by atoms with Gasteiger partial charge in [-0.1, -0.05) is 0 Å². The predicted octanol–water partition coefficient (Wildman–Crippen LogP) is 0.555. The summed E-state index contributed by atoms with van der Waals surface area (Å²) in [4.78, 5) is 0. The molecule has 0 spiro atoms. The van der Waals surface area contributed by atoms with Gasteiger partial charge >= 0.3 is 9.28 Å². The average molecular weight is 161 g/mol. The van der Waals surface area contributed by atoms with Crippen molar-refractivity contribution < 1.29 is 13.6 Å². The summed E-state index contributed by atoms with van der Waals surface area (Å²) in [6.45, 7) is 2.06. The monoisotopic (exact) mass is 161 g/mol. The van der Waals surface area contributed by atoms with Crippen LogP contribution in [0.1, 0.15) is 6.92 Å². The molecule has 1 rings (SSSR count). The summed E-state index contributed by atoms with van der Waals surface area (Å²) < 4.78 is 15.4. The Hall–Kier alpha value is 0.0969. The first-order chi connectivity index (χ1) is 4.77. The topological polar surface area (TPSA) is 31.0 Å². The molecule has 1 radical (unpaired) electrons. The van der Waals surface area contributed by atoms with Gasteiger partial charge in [-0.15, -0.1) is 0 Å². The van der Waals surface area contributed by atoms with Crippen molar-refractivity contribution in [2.45, 2.75) is 25.2 Å². The van der Waals surface area contributed by atoms with Crippen LogP contribution < -0.4 is 0 Å². The Balaban J connectivity index is 2.10. The SMILES string of the molecule is CO[Si](CC1OC1C)OC. The van der Waals surface area contributed by atoms with E-state index in [2.05, 4.69) is 6.92 Å². The van der Waals surface area contributed by atoms with Crippen molar-refractivity contribution >= 4 is 9.28 Å². The fraction of sp³-hybridized carbons (Fsp3) is 1.00. The van der Waals surface area contributed by atoms with E-state index in [9.17, 15) is 0 Å². The molecule has 0 saturated carbocycles. The molecule has 0 N–H and O–H groups in total. The second-order valence-electron chi connectivity index (χ2n) is 2.36. The molecule has 3 nitrogen and oxygen atoms in total. The molecular weight excluding hydrogens is 148 g/mol. The van der Waals surface area contributed by atoms with Gasteiger partial charge in [0, 0.05) is 20.3 Å². The molecular formula is C6H13O3Si. The van der Waals surface area contributed by atoms with Gasteiger partial charge in [0.15, 0.2) is 0 Å².